The third-order valence-corrected chi connectivity index (χ3v) is 14.8. The summed E-state index contributed by atoms with van der Waals surface area (Å²) in [6, 6.07) is 58.9. The van der Waals surface area contributed by atoms with Crippen LogP contribution in [0.2, 0.25) is 0 Å². The molecule has 2 fully saturated rings. The van der Waals surface area contributed by atoms with Crippen LogP contribution in [0.25, 0.3) is 0 Å². The summed E-state index contributed by atoms with van der Waals surface area (Å²) in [4.78, 5) is 0. The van der Waals surface area contributed by atoms with Gasteiger partial charge in [-0.25, -0.2) is 4.18 Å². The van der Waals surface area contributed by atoms with E-state index in [-0.39, 0.29) is 36.9 Å². The molecule has 2 saturated heterocycles. The number of benzene rings is 6. The Kier molecular flexibility index (Phi) is 17.6. The second-order valence-corrected chi connectivity index (χ2v) is 19.8. The van der Waals surface area contributed by atoms with E-state index in [4.69, 9.17) is 37.3 Å². The molecule has 0 aliphatic carbocycles. The molecule has 0 aromatic heterocycles. The van der Waals surface area contributed by atoms with Crippen LogP contribution in [-0.2, 0) is 98.3 Å². The van der Waals surface area contributed by atoms with Gasteiger partial charge in [-0.05, 0) is 33.4 Å². The van der Waals surface area contributed by atoms with E-state index < -0.39 is 58.1 Å². The van der Waals surface area contributed by atoms with Gasteiger partial charge in [0.05, 0.1) is 46.2 Å². The first-order valence-electron chi connectivity index (χ1n) is 22.2. The lowest BCUT2D eigenvalue weighted by Crippen LogP contribution is -2.62. The van der Waals surface area contributed by atoms with Crippen molar-refractivity contribution >= 4 is 21.3 Å². The van der Waals surface area contributed by atoms with Crippen molar-refractivity contribution < 1.29 is 50.3 Å². The Bertz CT molecular complexity index is 2400. The van der Waals surface area contributed by atoms with Crippen molar-refractivity contribution in [1.29, 1.82) is 0 Å². The van der Waals surface area contributed by atoms with Crippen LogP contribution in [0.1, 0.15) is 33.4 Å². The zero-order valence-electron chi connectivity index (χ0n) is 36.6. The van der Waals surface area contributed by atoms with Crippen LogP contribution >= 0.6 is 0 Å². The molecule has 0 amide bonds. The molecule has 2 unspecified atom stereocenters. The predicted molar refractivity (Wildman–Crippen MR) is 253 cm³/mol. The Hall–Kier alpha value is -4.74. The molecule has 66 heavy (non-hydrogen) atoms. The number of ether oxygens (including phenoxy) is 7. The Morgan fingerprint density at radius 3 is 1.29 bits per heavy atom. The lowest BCUT2D eigenvalue weighted by molar-refractivity contribution is -0.311. The Morgan fingerprint density at radius 2 is 0.848 bits per heavy atom. The molecular formula is C53H57O11S2+. The Labute approximate surface area is 391 Å². The van der Waals surface area contributed by atoms with E-state index in [0.29, 0.717) is 32.2 Å². The molecule has 8 rings (SSSR count). The number of hydrogen-bond acceptors (Lipinski definition) is 10. The molecule has 2 aliphatic heterocycles. The van der Waals surface area contributed by atoms with Gasteiger partial charge in [0, 0.05) is 10.9 Å². The van der Waals surface area contributed by atoms with E-state index in [1.165, 1.54) is 0 Å². The van der Waals surface area contributed by atoms with Gasteiger partial charge < -0.3 is 33.2 Å². The van der Waals surface area contributed by atoms with Gasteiger partial charge in [-0.2, -0.15) is 8.42 Å². The summed E-state index contributed by atoms with van der Waals surface area (Å²) in [5.74, 6) is 0.834. The summed E-state index contributed by atoms with van der Waals surface area (Å²) >= 11 is 0. The number of rotatable bonds is 23. The highest BCUT2D eigenvalue weighted by atomic mass is 32.3. The molecule has 0 spiro atoms. The molecule has 346 valence electrons. The molecule has 1 N–H and O–H groups in total. The molecule has 13 heteroatoms. The minimum atomic E-state index is -5.06. The third kappa shape index (κ3) is 14.1. The summed E-state index contributed by atoms with van der Waals surface area (Å²) in [5.41, 5.74) is 5.71. The van der Waals surface area contributed by atoms with Crippen molar-refractivity contribution in [3.05, 3.63) is 215 Å². The quantitative estimate of drug-likeness (QED) is 0.0490. The van der Waals surface area contributed by atoms with Crippen LogP contribution < -0.4 is 0 Å². The van der Waals surface area contributed by atoms with Crippen molar-refractivity contribution in [2.24, 2.45) is 0 Å². The monoisotopic (exact) mass is 933 g/mol. The van der Waals surface area contributed by atoms with E-state index in [1.54, 1.807) is 0 Å². The van der Waals surface area contributed by atoms with Crippen LogP contribution in [0.4, 0.5) is 0 Å². The van der Waals surface area contributed by atoms with Gasteiger partial charge in [0.25, 0.3) is 0 Å². The van der Waals surface area contributed by atoms with Crippen molar-refractivity contribution in [2.75, 3.05) is 18.1 Å². The predicted octanol–water partition coefficient (Wildman–Crippen LogP) is 8.68. The molecule has 2 aliphatic rings. The van der Waals surface area contributed by atoms with Gasteiger partial charge in [0.1, 0.15) is 48.1 Å². The molecule has 11 nitrogen and oxygen atoms in total. The van der Waals surface area contributed by atoms with Crippen LogP contribution in [0.5, 0.6) is 0 Å². The molecule has 6 aromatic carbocycles. The average molecular weight is 934 g/mol. The lowest BCUT2D eigenvalue weighted by Gasteiger charge is -2.44. The summed E-state index contributed by atoms with van der Waals surface area (Å²) in [6.07, 6.45) is -6.24. The normalized spacial score (nSPS) is 24.3. The molecular weight excluding hydrogens is 877 g/mol. The topological polar surface area (TPSA) is 128 Å². The molecule has 0 saturated carbocycles. The molecule has 0 bridgehead atoms. The Balaban J connectivity index is 1.14. The second-order valence-electron chi connectivity index (χ2n) is 16.4. The number of hydrogen-bond donors (Lipinski definition) is 1. The highest BCUT2D eigenvalue weighted by molar-refractivity contribution is 7.97. The maximum absolute atomic E-state index is 13.0. The van der Waals surface area contributed by atoms with Gasteiger partial charge in [0.2, 0.25) is 0 Å². The standard InChI is InChI=1S/C53H56O11S2/c54-66(55,56)64-50-47(63-53(62-36-45-29-17-6-18-30-45)52(61-35-44-27-15-5-16-28-44)51(50)60-34-43-25-13-4-14-26-43)39-65-38-46(58-32-41-21-9-2-10-22-41)49(59-33-42-23-11-3-12-24-42)48(65)37-57-31-40-19-7-1-8-20-40/h1-30,46-53H,31-39H2/p+1/t46-,47-,48-,49+,50-,51+,52-,53?,65?/m1/s1. The second kappa shape index (κ2) is 24.3. The molecule has 0 radical (unpaired) electrons. The van der Waals surface area contributed by atoms with Crippen molar-refractivity contribution in [3.63, 3.8) is 0 Å². The summed E-state index contributed by atoms with van der Waals surface area (Å²) in [7, 11) is -5.66. The maximum Gasteiger partial charge on any atom is 0.397 e. The SMILES string of the molecule is O=S(=O)(O)O[C@H]1[C@H](OCc2ccccc2)[C@@H](OCc2ccccc2)C(OCc2ccccc2)O[C@@H]1C[S+]1C[C@@H](OCc2ccccc2)[C@H](OCc2ccccc2)[C@H]1COCc1ccccc1. The third-order valence-electron chi connectivity index (χ3n) is 11.6. The van der Waals surface area contributed by atoms with Crippen molar-refractivity contribution in [3.8, 4) is 0 Å². The van der Waals surface area contributed by atoms with E-state index in [1.807, 2.05) is 182 Å². The minimum absolute atomic E-state index is 0.0899. The van der Waals surface area contributed by atoms with Gasteiger partial charge in [0.15, 0.2) is 11.5 Å². The minimum Gasteiger partial charge on any atom is -0.371 e. The summed E-state index contributed by atoms with van der Waals surface area (Å²) in [6.45, 7) is 1.82. The fourth-order valence-corrected chi connectivity index (χ4v) is 11.7. The zero-order valence-corrected chi connectivity index (χ0v) is 38.3. The van der Waals surface area contributed by atoms with Gasteiger partial charge in [-0.1, -0.05) is 182 Å². The first kappa shape index (κ1) is 47.7. The summed E-state index contributed by atoms with van der Waals surface area (Å²) < 4.78 is 89.1. The zero-order chi connectivity index (χ0) is 45.4. The summed E-state index contributed by atoms with van der Waals surface area (Å²) in [5, 5.41) is -0.215. The Morgan fingerprint density at radius 1 is 0.470 bits per heavy atom. The van der Waals surface area contributed by atoms with E-state index >= 15 is 0 Å². The fraction of sp³-hybridized carbons (Fsp3) is 0.321. The van der Waals surface area contributed by atoms with Crippen LogP contribution in [-0.4, -0.2) is 79.2 Å². The lowest BCUT2D eigenvalue weighted by atomic mass is 9.99. The fourth-order valence-electron chi connectivity index (χ4n) is 8.28. The van der Waals surface area contributed by atoms with Crippen LogP contribution in [0.3, 0.4) is 0 Å². The van der Waals surface area contributed by atoms with Crippen molar-refractivity contribution in [1.82, 2.24) is 0 Å². The molecule has 9 atom stereocenters. The maximum atomic E-state index is 13.0. The van der Waals surface area contributed by atoms with E-state index in [0.717, 1.165) is 33.4 Å². The first-order chi connectivity index (χ1) is 32.3. The smallest absolute Gasteiger partial charge is 0.371 e. The highest BCUT2D eigenvalue weighted by Gasteiger charge is 2.58. The first-order valence-corrected chi connectivity index (χ1v) is 25.2. The van der Waals surface area contributed by atoms with Crippen LogP contribution in [0.15, 0.2) is 182 Å². The van der Waals surface area contributed by atoms with Gasteiger partial charge >= 0.3 is 10.4 Å². The molecule has 2 heterocycles. The van der Waals surface area contributed by atoms with Crippen LogP contribution in [0, 0.1) is 0 Å². The van der Waals surface area contributed by atoms with Crippen molar-refractivity contribution in [2.45, 2.75) is 87.8 Å². The van der Waals surface area contributed by atoms with E-state index in [2.05, 4.69) is 0 Å². The molecule has 6 aromatic rings. The highest BCUT2D eigenvalue weighted by Crippen LogP contribution is 2.37. The average Bonchev–Trinajstić information content (AvgIpc) is 3.67. The van der Waals surface area contributed by atoms with E-state index in [9.17, 15) is 13.0 Å². The largest absolute Gasteiger partial charge is 0.397 e. The van der Waals surface area contributed by atoms with Gasteiger partial charge in [-0.3, -0.25) is 4.55 Å². The van der Waals surface area contributed by atoms with Gasteiger partial charge in [-0.15, -0.1) is 0 Å².